The third-order valence-electron chi connectivity index (χ3n) is 5.70. The van der Waals surface area contributed by atoms with Crippen molar-refractivity contribution in [2.45, 2.75) is 31.7 Å². The largest absolute Gasteiger partial charge is 0.449 e. The van der Waals surface area contributed by atoms with Gasteiger partial charge in [-0.3, -0.25) is 4.79 Å². The number of hydrogen-bond donors (Lipinski definition) is 1. The van der Waals surface area contributed by atoms with Gasteiger partial charge in [0.15, 0.2) is 11.5 Å². The first-order chi connectivity index (χ1) is 15.6. The number of carbonyl (C=O) groups excluding carboxylic acids is 1. The number of furan rings is 1. The predicted molar refractivity (Wildman–Crippen MR) is 115 cm³/mol. The second-order valence-electron chi connectivity index (χ2n) is 7.75. The highest BCUT2D eigenvalue weighted by atomic mass is 19.1. The molecule has 1 fully saturated rings. The highest BCUT2D eigenvalue weighted by Gasteiger charge is 2.26. The average Bonchev–Trinajstić information content (AvgIpc) is 3.55. The Morgan fingerprint density at radius 3 is 2.59 bits per heavy atom. The monoisotopic (exact) mass is 434 g/mol. The van der Waals surface area contributed by atoms with Crippen molar-refractivity contribution in [2.24, 2.45) is 0 Å². The zero-order valence-corrected chi connectivity index (χ0v) is 17.1. The predicted octanol–water partition coefficient (Wildman–Crippen LogP) is 5.85. The minimum Gasteiger partial charge on any atom is -0.449 e. The molecule has 1 N–H and O–H groups in total. The van der Waals surface area contributed by atoms with Crippen LogP contribution in [0.5, 0.6) is 0 Å². The zero-order valence-electron chi connectivity index (χ0n) is 17.1. The van der Waals surface area contributed by atoms with Gasteiger partial charge in [-0.05, 0) is 49.2 Å². The van der Waals surface area contributed by atoms with E-state index < -0.39 is 17.7 Å². The van der Waals surface area contributed by atoms with Crippen molar-refractivity contribution in [3.8, 4) is 22.7 Å². The van der Waals surface area contributed by atoms with Gasteiger partial charge in [0.2, 0.25) is 5.95 Å². The van der Waals surface area contributed by atoms with Crippen molar-refractivity contribution in [1.82, 2.24) is 14.5 Å². The van der Waals surface area contributed by atoms with Crippen LogP contribution in [0.1, 0.15) is 42.3 Å². The first-order valence-corrected chi connectivity index (χ1v) is 10.4. The van der Waals surface area contributed by atoms with E-state index in [-0.39, 0.29) is 17.5 Å². The SMILES string of the molecule is O=C(Nc1ccccc1F)c1ccc(-c2c(-c3ccc(F)nc3)ncn2C2CCCC2)o1. The quantitative estimate of drug-likeness (QED) is 0.400. The van der Waals surface area contributed by atoms with E-state index in [1.807, 2.05) is 0 Å². The molecule has 1 aromatic carbocycles. The average molecular weight is 434 g/mol. The van der Waals surface area contributed by atoms with Crippen LogP contribution in [0.25, 0.3) is 22.7 Å². The van der Waals surface area contributed by atoms with Gasteiger partial charge >= 0.3 is 0 Å². The standard InChI is InChI=1S/C24H20F2N4O2/c25-17-7-3-4-8-18(17)29-24(31)20-11-10-19(32-20)23-22(15-9-12-21(26)27-13-15)28-14-30(23)16-5-1-2-6-16/h3-4,7-14,16H,1-2,5-6H2,(H,29,31). The third-order valence-corrected chi connectivity index (χ3v) is 5.70. The van der Waals surface area contributed by atoms with Gasteiger partial charge in [0.25, 0.3) is 5.91 Å². The zero-order chi connectivity index (χ0) is 22.1. The Bertz CT molecular complexity index is 1260. The molecule has 3 heterocycles. The second kappa shape index (κ2) is 8.37. The Balaban J connectivity index is 1.52. The first-order valence-electron chi connectivity index (χ1n) is 10.4. The number of carbonyl (C=O) groups is 1. The van der Waals surface area contributed by atoms with Crippen LogP contribution in [0.2, 0.25) is 0 Å². The van der Waals surface area contributed by atoms with Crippen molar-refractivity contribution >= 4 is 11.6 Å². The number of nitrogens with zero attached hydrogens (tertiary/aromatic N) is 3. The number of benzene rings is 1. The summed E-state index contributed by atoms with van der Waals surface area (Å²) < 4.78 is 35.2. The summed E-state index contributed by atoms with van der Waals surface area (Å²) in [7, 11) is 0. The highest BCUT2D eigenvalue weighted by molar-refractivity contribution is 6.02. The third kappa shape index (κ3) is 3.79. The van der Waals surface area contributed by atoms with Crippen molar-refractivity contribution in [3.63, 3.8) is 0 Å². The summed E-state index contributed by atoms with van der Waals surface area (Å²) in [5.74, 6) is -1.16. The summed E-state index contributed by atoms with van der Waals surface area (Å²) in [6, 6.07) is 12.3. The number of anilines is 1. The van der Waals surface area contributed by atoms with E-state index in [1.54, 1.807) is 36.7 Å². The van der Waals surface area contributed by atoms with Gasteiger partial charge < -0.3 is 14.3 Å². The molecule has 8 heteroatoms. The lowest BCUT2D eigenvalue weighted by Gasteiger charge is -2.15. The molecule has 0 radical (unpaired) electrons. The van der Waals surface area contributed by atoms with Crippen LogP contribution in [-0.4, -0.2) is 20.4 Å². The smallest absolute Gasteiger partial charge is 0.291 e. The topological polar surface area (TPSA) is 73.0 Å². The molecule has 0 saturated heterocycles. The van der Waals surface area contributed by atoms with Crippen LogP contribution in [0, 0.1) is 11.8 Å². The van der Waals surface area contributed by atoms with E-state index >= 15 is 0 Å². The maximum atomic E-state index is 13.9. The molecule has 3 aromatic heterocycles. The molecule has 0 unspecified atom stereocenters. The van der Waals surface area contributed by atoms with Gasteiger partial charge in [-0.15, -0.1) is 0 Å². The van der Waals surface area contributed by atoms with Gasteiger partial charge in [0.1, 0.15) is 17.2 Å². The molecule has 162 valence electrons. The van der Waals surface area contributed by atoms with Crippen molar-refractivity contribution < 1.29 is 18.0 Å². The lowest BCUT2D eigenvalue weighted by molar-refractivity contribution is 0.0997. The first kappa shape index (κ1) is 20.1. The normalized spacial score (nSPS) is 14.1. The Labute approximate surface area is 182 Å². The maximum Gasteiger partial charge on any atom is 0.291 e. The fourth-order valence-corrected chi connectivity index (χ4v) is 4.13. The molecule has 4 aromatic rings. The Hall–Kier alpha value is -3.81. The molecular weight excluding hydrogens is 414 g/mol. The molecule has 0 spiro atoms. The van der Waals surface area contributed by atoms with Crippen molar-refractivity contribution in [3.05, 3.63) is 78.6 Å². The maximum absolute atomic E-state index is 13.9. The molecule has 0 atom stereocenters. The summed E-state index contributed by atoms with van der Waals surface area (Å²) in [4.78, 5) is 20.9. The number of nitrogens with one attached hydrogen (secondary N) is 1. The van der Waals surface area contributed by atoms with E-state index in [4.69, 9.17) is 4.42 Å². The molecule has 5 rings (SSSR count). The van der Waals surface area contributed by atoms with Crippen molar-refractivity contribution in [2.75, 3.05) is 5.32 Å². The summed E-state index contributed by atoms with van der Waals surface area (Å²) in [6.07, 6.45) is 7.48. The molecule has 1 saturated carbocycles. The molecule has 0 bridgehead atoms. The highest BCUT2D eigenvalue weighted by Crippen LogP contribution is 2.38. The molecule has 1 aliphatic carbocycles. The molecule has 32 heavy (non-hydrogen) atoms. The van der Waals surface area contributed by atoms with E-state index in [2.05, 4.69) is 19.9 Å². The van der Waals surface area contributed by atoms with E-state index in [0.717, 1.165) is 25.7 Å². The molecule has 0 aliphatic heterocycles. The Morgan fingerprint density at radius 2 is 1.84 bits per heavy atom. The van der Waals surface area contributed by atoms with E-state index in [1.165, 1.54) is 24.4 Å². The van der Waals surface area contributed by atoms with Gasteiger partial charge in [0, 0.05) is 17.8 Å². The fourth-order valence-electron chi connectivity index (χ4n) is 4.13. The number of pyridine rings is 1. The lowest BCUT2D eigenvalue weighted by Crippen LogP contribution is -2.12. The van der Waals surface area contributed by atoms with Gasteiger partial charge in [0.05, 0.1) is 12.0 Å². The molecule has 1 amide bonds. The summed E-state index contributed by atoms with van der Waals surface area (Å²) in [5.41, 5.74) is 2.02. The number of para-hydroxylation sites is 1. The van der Waals surface area contributed by atoms with Gasteiger partial charge in [-0.1, -0.05) is 25.0 Å². The van der Waals surface area contributed by atoms with Crippen LogP contribution in [0.3, 0.4) is 0 Å². The van der Waals surface area contributed by atoms with Gasteiger partial charge in [-0.2, -0.15) is 4.39 Å². The minimum atomic E-state index is -0.573. The number of imidazole rings is 1. The molecular formula is C24H20F2N4O2. The van der Waals surface area contributed by atoms with Crippen LogP contribution in [0.15, 0.2) is 65.5 Å². The van der Waals surface area contributed by atoms with Crippen LogP contribution < -0.4 is 5.32 Å². The molecule has 1 aliphatic rings. The van der Waals surface area contributed by atoms with Crippen molar-refractivity contribution in [1.29, 1.82) is 0 Å². The summed E-state index contributed by atoms with van der Waals surface area (Å²) in [5, 5.41) is 2.53. The Morgan fingerprint density at radius 1 is 1.03 bits per heavy atom. The van der Waals surface area contributed by atoms with Crippen LogP contribution in [0.4, 0.5) is 14.5 Å². The summed E-state index contributed by atoms with van der Waals surface area (Å²) in [6.45, 7) is 0. The second-order valence-corrected chi connectivity index (χ2v) is 7.75. The number of halogens is 2. The van der Waals surface area contributed by atoms with Crippen LogP contribution in [-0.2, 0) is 0 Å². The number of rotatable bonds is 5. The Kier molecular flexibility index (Phi) is 5.26. The van der Waals surface area contributed by atoms with E-state index in [9.17, 15) is 13.6 Å². The van der Waals surface area contributed by atoms with Crippen LogP contribution >= 0.6 is 0 Å². The molecule has 6 nitrogen and oxygen atoms in total. The number of amides is 1. The van der Waals surface area contributed by atoms with Gasteiger partial charge in [-0.25, -0.2) is 14.4 Å². The fraction of sp³-hybridized carbons (Fsp3) is 0.208. The summed E-state index contributed by atoms with van der Waals surface area (Å²) >= 11 is 0. The number of aromatic nitrogens is 3. The lowest BCUT2D eigenvalue weighted by atomic mass is 10.1. The number of hydrogen-bond acceptors (Lipinski definition) is 4. The van der Waals surface area contributed by atoms with E-state index in [0.29, 0.717) is 22.7 Å². The minimum absolute atomic E-state index is 0.0469.